The molecule has 0 aliphatic rings. The molecule has 0 amide bonds. The Morgan fingerprint density at radius 1 is 1.28 bits per heavy atom. The lowest BCUT2D eigenvalue weighted by Crippen LogP contribution is -2.01. The maximum Gasteiger partial charge on any atom is 0.226 e. The summed E-state index contributed by atoms with van der Waals surface area (Å²) in [5.41, 5.74) is 6.64. The van der Waals surface area contributed by atoms with E-state index in [9.17, 15) is 0 Å². The fourth-order valence-electron chi connectivity index (χ4n) is 1.42. The van der Waals surface area contributed by atoms with E-state index < -0.39 is 0 Å². The highest BCUT2D eigenvalue weighted by molar-refractivity contribution is 6.32. The number of aromatic nitrogens is 2. The Hall–Kier alpha value is -2.01. The van der Waals surface area contributed by atoms with Crippen LogP contribution in [0.25, 0.3) is 0 Å². The van der Waals surface area contributed by atoms with Gasteiger partial charge in [0, 0.05) is 13.1 Å². The van der Waals surface area contributed by atoms with E-state index in [1.807, 2.05) is 19.1 Å². The van der Waals surface area contributed by atoms with Gasteiger partial charge in [-0.1, -0.05) is 17.7 Å². The first kappa shape index (κ1) is 12.4. The monoisotopic (exact) mass is 264 g/mol. The van der Waals surface area contributed by atoms with Gasteiger partial charge in [0.2, 0.25) is 11.8 Å². The van der Waals surface area contributed by atoms with E-state index in [0.717, 1.165) is 5.56 Å². The molecule has 1 aromatic carbocycles. The number of nitrogens with two attached hydrogens (primary N) is 1. The summed E-state index contributed by atoms with van der Waals surface area (Å²) in [6, 6.07) is 7.16. The van der Waals surface area contributed by atoms with E-state index >= 15 is 0 Å². The third-order valence-corrected chi connectivity index (χ3v) is 2.57. The smallest absolute Gasteiger partial charge is 0.226 e. The van der Waals surface area contributed by atoms with E-state index in [2.05, 4.69) is 15.3 Å². The van der Waals surface area contributed by atoms with E-state index in [0.29, 0.717) is 22.5 Å². The fraction of sp³-hybridized carbons (Fsp3) is 0.167. The van der Waals surface area contributed by atoms with E-state index in [4.69, 9.17) is 22.1 Å². The van der Waals surface area contributed by atoms with Gasteiger partial charge < -0.3 is 15.8 Å². The van der Waals surface area contributed by atoms with Crippen molar-refractivity contribution in [3.05, 3.63) is 34.9 Å². The number of halogens is 1. The number of nitrogen functional groups attached to an aromatic ring is 1. The van der Waals surface area contributed by atoms with Crippen LogP contribution in [-0.2, 0) is 0 Å². The molecule has 0 radical (unpaired) electrons. The topological polar surface area (TPSA) is 73.1 Å². The van der Waals surface area contributed by atoms with Gasteiger partial charge in [0.15, 0.2) is 0 Å². The second-order valence-electron chi connectivity index (χ2n) is 3.74. The molecule has 0 bridgehead atoms. The van der Waals surface area contributed by atoms with Crippen LogP contribution in [0.1, 0.15) is 5.56 Å². The number of anilines is 2. The average molecular weight is 265 g/mol. The molecule has 2 aromatic rings. The predicted octanol–water partition coefficient (Wildman–Crippen LogP) is 2.85. The molecule has 18 heavy (non-hydrogen) atoms. The van der Waals surface area contributed by atoms with Gasteiger partial charge in [0.05, 0.1) is 5.02 Å². The van der Waals surface area contributed by atoms with Crippen LogP contribution < -0.4 is 15.8 Å². The van der Waals surface area contributed by atoms with Crippen LogP contribution in [0.15, 0.2) is 24.3 Å². The third kappa shape index (κ3) is 2.81. The summed E-state index contributed by atoms with van der Waals surface area (Å²) in [6.45, 7) is 1.96. The number of benzene rings is 1. The van der Waals surface area contributed by atoms with E-state index in [-0.39, 0.29) is 5.95 Å². The Kier molecular flexibility index (Phi) is 3.53. The van der Waals surface area contributed by atoms with E-state index in [1.165, 1.54) is 0 Å². The minimum Gasteiger partial charge on any atom is -0.437 e. The van der Waals surface area contributed by atoms with Crippen molar-refractivity contribution in [3.8, 4) is 11.6 Å². The molecule has 3 N–H and O–H groups in total. The van der Waals surface area contributed by atoms with Gasteiger partial charge in [0.25, 0.3) is 0 Å². The van der Waals surface area contributed by atoms with Crippen LogP contribution in [0.2, 0.25) is 5.02 Å². The zero-order valence-corrected chi connectivity index (χ0v) is 10.8. The molecular weight excluding hydrogens is 252 g/mol. The minimum atomic E-state index is 0.139. The molecule has 0 saturated heterocycles. The lowest BCUT2D eigenvalue weighted by atomic mass is 10.2. The fourth-order valence-corrected chi connectivity index (χ4v) is 1.70. The van der Waals surface area contributed by atoms with Crippen LogP contribution in [0.5, 0.6) is 11.6 Å². The second-order valence-corrected chi connectivity index (χ2v) is 4.14. The van der Waals surface area contributed by atoms with Crippen molar-refractivity contribution in [2.45, 2.75) is 6.92 Å². The number of hydrogen-bond donors (Lipinski definition) is 2. The van der Waals surface area contributed by atoms with Gasteiger partial charge in [-0.3, -0.25) is 0 Å². The molecule has 5 nitrogen and oxygen atoms in total. The molecule has 0 spiro atoms. The summed E-state index contributed by atoms with van der Waals surface area (Å²) in [4.78, 5) is 7.96. The van der Waals surface area contributed by atoms with Crippen LogP contribution in [-0.4, -0.2) is 17.0 Å². The van der Waals surface area contributed by atoms with Crippen LogP contribution >= 0.6 is 11.6 Å². The van der Waals surface area contributed by atoms with Crippen molar-refractivity contribution >= 4 is 23.4 Å². The van der Waals surface area contributed by atoms with Gasteiger partial charge in [-0.25, -0.2) is 0 Å². The number of nitrogens with zero attached hydrogens (tertiary/aromatic N) is 2. The van der Waals surface area contributed by atoms with Gasteiger partial charge >= 0.3 is 0 Å². The van der Waals surface area contributed by atoms with Gasteiger partial charge in [-0.05, 0) is 24.6 Å². The Bertz CT molecular complexity index is 574. The average Bonchev–Trinajstić information content (AvgIpc) is 2.32. The normalized spacial score (nSPS) is 10.2. The summed E-state index contributed by atoms with van der Waals surface area (Å²) in [6.07, 6.45) is 0. The largest absolute Gasteiger partial charge is 0.437 e. The van der Waals surface area contributed by atoms with Crippen molar-refractivity contribution in [1.29, 1.82) is 0 Å². The molecule has 0 fully saturated rings. The first-order valence-electron chi connectivity index (χ1n) is 5.35. The first-order chi connectivity index (χ1) is 8.58. The predicted molar refractivity (Wildman–Crippen MR) is 72.3 cm³/mol. The lowest BCUT2D eigenvalue weighted by Gasteiger charge is -2.09. The Morgan fingerprint density at radius 3 is 2.72 bits per heavy atom. The lowest BCUT2D eigenvalue weighted by molar-refractivity contribution is 0.463. The van der Waals surface area contributed by atoms with Crippen molar-refractivity contribution in [1.82, 2.24) is 9.97 Å². The molecule has 0 saturated carbocycles. The first-order valence-corrected chi connectivity index (χ1v) is 5.72. The van der Waals surface area contributed by atoms with Gasteiger partial charge in [0.1, 0.15) is 11.6 Å². The highest BCUT2D eigenvalue weighted by Crippen LogP contribution is 2.29. The summed E-state index contributed by atoms with van der Waals surface area (Å²) in [5, 5.41) is 3.40. The molecule has 0 atom stereocenters. The Morgan fingerprint density at radius 2 is 2.06 bits per heavy atom. The van der Waals surface area contributed by atoms with Crippen LogP contribution in [0.3, 0.4) is 0 Å². The zero-order valence-electron chi connectivity index (χ0n) is 10.1. The minimum absolute atomic E-state index is 0.139. The zero-order chi connectivity index (χ0) is 13.1. The molecule has 0 unspecified atom stereocenters. The standard InChI is InChI=1S/C12H13ClN4O/c1-7-3-4-9(8(13)5-7)18-11-6-10(15-2)16-12(14)17-11/h3-6H,1-2H3,(H3,14,15,16,17). The number of nitrogens with one attached hydrogen (secondary N) is 1. The molecule has 0 aliphatic heterocycles. The van der Waals surface area contributed by atoms with E-state index in [1.54, 1.807) is 19.2 Å². The highest BCUT2D eigenvalue weighted by Gasteiger charge is 2.07. The molecule has 94 valence electrons. The molecule has 2 rings (SSSR count). The van der Waals surface area contributed by atoms with Gasteiger partial charge in [-0.15, -0.1) is 0 Å². The quantitative estimate of drug-likeness (QED) is 0.892. The maximum atomic E-state index is 6.08. The van der Waals surface area contributed by atoms with Crippen molar-refractivity contribution in [2.75, 3.05) is 18.1 Å². The third-order valence-electron chi connectivity index (χ3n) is 2.28. The number of hydrogen-bond acceptors (Lipinski definition) is 5. The summed E-state index contributed by atoms with van der Waals surface area (Å²) < 4.78 is 5.58. The highest BCUT2D eigenvalue weighted by atomic mass is 35.5. The molecule has 0 aliphatic carbocycles. The Labute approximate surface area is 110 Å². The molecule has 1 aromatic heterocycles. The van der Waals surface area contributed by atoms with Crippen LogP contribution in [0.4, 0.5) is 11.8 Å². The second kappa shape index (κ2) is 5.10. The van der Waals surface area contributed by atoms with Crippen molar-refractivity contribution < 1.29 is 4.74 Å². The van der Waals surface area contributed by atoms with Crippen molar-refractivity contribution in [3.63, 3.8) is 0 Å². The van der Waals surface area contributed by atoms with Gasteiger partial charge in [-0.2, -0.15) is 9.97 Å². The molecular formula is C12H13ClN4O. The van der Waals surface area contributed by atoms with Crippen LogP contribution in [0, 0.1) is 6.92 Å². The summed E-state index contributed by atoms with van der Waals surface area (Å²) >= 11 is 6.08. The number of rotatable bonds is 3. The SMILES string of the molecule is CNc1cc(Oc2ccc(C)cc2Cl)nc(N)n1. The summed E-state index contributed by atoms with van der Waals surface area (Å²) in [7, 11) is 1.74. The molecule has 6 heteroatoms. The maximum absolute atomic E-state index is 6.08. The number of aryl methyl sites for hydroxylation is 1. The summed E-state index contributed by atoms with van der Waals surface area (Å²) in [5.74, 6) is 1.60. The van der Waals surface area contributed by atoms with Crippen molar-refractivity contribution in [2.24, 2.45) is 0 Å². The number of ether oxygens (including phenoxy) is 1. The Balaban J connectivity index is 2.30. The molecule has 1 heterocycles.